The Morgan fingerprint density at radius 3 is 2.68 bits per heavy atom. The molecule has 7 heteroatoms. The summed E-state index contributed by atoms with van der Waals surface area (Å²) in [5.74, 6) is 0.504. The normalized spacial score (nSPS) is 17.9. The van der Waals surface area contributed by atoms with Gasteiger partial charge in [-0.3, -0.25) is 20.0 Å². The molecule has 2 aliphatic rings. The number of aryl methyl sites for hydroxylation is 1. The SMILES string of the molecule is Cc1ncc(-c2ccc(C3C(=O)NC(=O)N3c3ccc4c(c3)N=CC4)cc2)[nH]1. The lowest BCUT2D eigenvalue weighted by atomic mass is 10.0. The lowest BCUT2D eigenvalue weighted by molar-refractivity contribution is -0.119. The summed E-state index contributed by atoms with van der Waals surface area (Å²) in [5.41, 5.74) is 5.22. The number of imidazole rings is 1. The van der Waals surface area contributed by atoms with Gasteiger partial charge < -0.3 is 4.98 Å². The minimum atomic E-state index is -0.714. The van der Waals surface area contributed by atoms with E-state index in [-0.39, 0.29) is 5.91 Å². The molecule has 1 saturated heterocycles. The van der Waals surface area contributed by atoms with Gasteiger partial charge in [0.1, 0.15) is 11.9 Å². The molecule has 2 N–H and O–H groups in total. The largest absolute Gasteiger partial charge is 0.342 e. The molecule has 0 radical (unpaired) electrons. The number of aromatic amines is 1. The van der Waals surface area contributed by atoms with Crippen molar-refractivity contribution in [2.45, 2.75) is 19.4 Å². The van der Waals surface area contributed by atoms with Crippen LogP contribution >= 0.6 is 0 Å². The van der Waals surface area contributed by atoms with Crippen molar-refractivity contribution >= 4 is 29.5 Å². The molecule has 0 saturated carbocycles. The van der Waals surface area contributed by atoms with Gasteiger partial charge in [0.05, 0.1) is 17.6 Å². The summed E-state index contributed by atoms with van der Waals surface area (Å²) in [4.78, 5) is 38.3. The quantitative estimate of drug-likeness (QED) is 0.691. The number of nitrogens with zero attached hydrogens (tertiary/aromatic N) is 3. The number of rotatable bonds is 3. The molecule has 2 aliphatic heterocycles. The number of carbonyl (C=O) groups is 2. The van der Waals surface area contributed by atoms with E-state index >= 15 is 0 Å². The molecule has 1 atom stereocenters. The standard InChI is InChI=1S/C21H17N5O2/c1-12-23-11-18(24-12)13-2-4-15(5-3-13)19-20(27)25-21(28)26(19)16-7-6-14-8-9-22-17(14)10-16/h2-7,9-11,19H,8H2,1H3,(H,23,24)(H,25,27,28). The Labute approximate surface area is 161 Å². The van der Waals surface area contributed by atoms with E-state index in [1.165, 1.54) is 4.90 Å². The number of amides is 3. The molecule has 0 bridgehead atoms. The minimum absolute atomic E-state index is 0.334. The third-order valence-electron chi connectivity index (χ3n) is 5.08. The van der Waals surface area contributed by atoms with Crippen molar-refractivity contribution in [1.82, 2.24) is 15.3 Å². The van der Waals surface area contributed by atoms with Crippen LogP contribution in [0.5, 0.6) is 0 Å². The zero-order chi connectivity index (χ0) is 19.3. The molecule has 0 aliphatic carbocycles. The zero-order valence-corrected chi connectivity index (χ0v) is 15.1. The number of aliphatic imine (C=N–C) groups is 1. The van der Waals surface area contributed by atoms with Gasteiger partial charge in [0.15, 0.2) is 0 Å². The summed E-state index contributed by atoms with van der Waals surface area (Å²) < 4.78 is 0. The summed E-state index contributed by atoms with van der Waals surface area (Å²) in [6, 6.07) is 12.1. The fraction of sp³-hybridized carbons (Fsp3) is 0.143. The van der Waals surface area contributed by atoms with Gasteiger partial charge in [-0.05, 0) is 35.7 Å². The summed E-state index contributed by atoms with van der Waals surface area (Å²) in [6.45, 7) is 1.89. The molecule has 0 spiro atoms. The van der Waals surface area contributed by atoms with Crippen molar-refractivity contribution in [3.8, 4) is 11.3 Å². The van der Waals surface area contributed by atoms with Crippen LogP contribution in [0, 0.1) is 6.92 Å². The van der Waals surface area contributed by atoms with E-state index in [0.717, 1.165) is 40.3 Å². The Balaban J connectivity index is 1.51. The van der Waals surface area contributed by atoms with Crippen molar-refractivity contribution in [2.75, 3.05) is 4.90 Å². The maximum absolute atomic E-state index is 12.5. The molecular weight excluding hydrogens is 354 g/mol. The number of fused-ring (bicyclic) bond motifs is 1. The fourth-order valence-corrected chi connectivity index (χ4v) is 3.68. The van der Waals surface area contributed by atoms with Crippen LogP contribution in [0.25, 0.3) is 11.3 Å². The number of anilines is 1. The molecule has 2 aromatic carbocycles. The molecule has 28 heavy (non-hydrogen) atoms. The van der Waals surface area contributed by atoms with Crippen LogP contribution in [0.3, 0.4) is 0 Å². The molecule has 3 aromatic rings. The highest BCUT2D eigenvalue weighted by Crippen LogP contribution is 2.36. The van der Waals surface area contributed by atoms with Crippen molar-refractivity contribution < 1.29 is 9.59 Å². The summed E-state index contributed by atoms with van der Waals surface area (Å²) in [5, 5.41) is 2.42. The molecular formula is C21H17N5O2. The molecule has 7 nitrogen and oxygen atoms in total. The second kappa shape index (κ2) is 6.16. The van der Waals surface area contributed by atoms with Gasteiger partial charge in [0.25, 0.3) is 5.91 Å². The highest BCUT2D eigenvalue weighted by molar-refractivity contribution is 6.14. The highest BCUT2D eigenvalue weighted by atomic mass is 16.2. The van der Waals surface area contributed by atoms with E-state index in [2.05, 4.69) is 20.3 Å². The molecule has 138 valence electrons. The smallest absolute Gasteiger partial charge is 0.329 e. The van der Waals surface area contributed by atoms with E-state index in [1.807, 2.05) is 55.6 Å². The summed E-state index contributed by atoms with van der Waals surface area (Å²) >= 11 is 0. The molecule has 5 rings (SSSR count). The van der Waals surface area contributed by atoms with Gasteiger partial charge in [0, 0.05) is 18.3 Å². The molecule has 1 unspecified atom stereocenters. The third-order valence-corrected chi connectivity index (χ3v) is 5.08. The topological polar surface area (TPSA) is 90.4 Å². The van der Waals surface area contributed by atoms with E-state index in [4.69, 9.17) is 0 Å². The Morgan fingerprint density at radius 1 is 1.11 bits per heavy atom. The van der Waals surface area contributed by atoms with Crippen molar-refractivity contribution in [3.05, 3.63) is 65.6 Å². The number of hydrogen-bond donors (Lipinski definition) is 2. The molecule has 3 heterocycles. The molecule has 1 fully saturated rings. The van der Waals surface area contributed by atoms with Gasteiger partial charge in [-0.25, -0.2) is 9.78 Å². The van der Waals surface area contributed by atoms with Crippen LogP contribution in [0.2, 0.25) is 0 Å². The van der Waals surface area contributed by atoms with Gasteiger partial charge in [0.2, 0.25) is 0 Å². The molecule has 3 amide bonds. The van der Waals surface area contributed by atoms with Gasteiger partial charge in [-0.2, -0.15) is 0 Å². The Kier molecular flexibility index (Phi) is 3.61. The predicted molar refractivity (Wildman–Crippen MR) is 106 cm³/mol. The average molecular weight is 371 g/mol. The molecule has 1 aromatic heterocycles. The first-order valence-corrected chi connectivity index (χ1v) is 9.01. The van der Waals surface area contributed by atoms with Crippen LogP contribution < -0.4 is 10.2 Å². The number of nitrogens with one attached hydrogen (secondary N) is 2. The number of carbonyl (C=O) groups excluding carboxylic acids is 2. The van der Waals surface area contributed by atoms with Crippen LogP contribution in [-0.4, -0.2) is 28.1 Å². The van der Waals surface area contributed by atoms with Gasteiger partial charge in [-0.1, -0.05) is 30.3 Å². The second-order valence-electron chi connectivity index (χ2n) is 6.90. The van der Waals surface area contributed by atoms with E-state index in [0.29, 0.717) is 5.69 Å². The first-order chi connectivity index (χ1) is 13.6. The Bertz CT molecular complexity index is 1130. The predicted octanol–water partition coefficient (Wildman–Crippen LogP) is 3.44. The first kappa shape index (κ1) is 16.4. The van der Waals surface area contributed by atoms with Crippen molar-refractivity contribution in [1.29, 1.82) is 0 Å². The van der Waals surface area contributed by atoms with Crippen LogP contribution in [0.1, 0.15) is 23.0 Å². The lowest BCUT2D eigenvalue weighted by Crippen LogP contribution is -2.29. The van der Waals surface area contributed by atoms with Crippen molar-refractivity contribution in [3.63, 3.8) is 0 Å². The number of urea groups is 1. The third kappa shape index (κ3) is 2.60. The second-order valence-corrected chi connectivity index (χ2v) is 6.90. The Morgan fingerprint density at radius 2 is 1.93 bits per heavy atom. The monoisotopic (exact) mass is 371 g/mol. The van der Waals surface area contributed by atoms with Crippen molar-refractivity contribution in [2.24, 2.45) is 4.99 Å². The summed E-state index contributed by atoms with van der Waals surface area (Å²) in [6.07, 6.45) is 4.41. The van der Waals surface area contributed by atoms with E-state index < -0.39 is 12.1 Å². The lowest BCUT2D eigenvalue weighted by Gasteiger charge is -2.22. The van der Waals surface area contributed by atoms with E-state index in [1.54, 1.807) is 6.20 Å². The average Bonchev–Trinajstić information content (AvgIpc) is 3.40. The maximum Gasteiger partial charge on any atom is 0.329 e. The number of imide groups is 1. The van der Waals surface area contributed by atoms with Gasteiger partial charge >= 0.3 is 6.03 Å². The zero-order valence-electron chi connectivity index (χ0n) is 15.1. The van der Waals surface area contributed by atoms with Crippen LogP contribution in [0.4, 0.5) is 16.2 Å². The summed E-state index contributed by atoms with van der Waals surface area (Å²) in [7, 11) is 0. The number of H-pyrrole nitrogens is 1. The van der Waals surface area contributed by atoms with Gasteiger partial charge in [-0.15, -0.1) is 0 Å². The highest BCUT2D eigenvalue weighted by Gasteiger charge is 2.40. The van der Waals surface area contributed by atoms with E-state index in [9.17, 15) is 9.59 Å². The van der Waals surface area contributed by atoms with Crippen LogP contribution in [0.15, 0.2) is 53.7 Å². The fourth-order valence-electron chi connectivity index (χ4n) is 3.68. The maximum atomic E-state index is 12.5. The first-order valence-electron chi connectivity index (χ1n) is 9.01. The number of hydrogen-bond acceptors (Lipinski definition) is 4. The van der Waals surface area contributed by atoms with Crippen LogP contribution in [-0.2, 0) is 11.2 Å². The number of aromatic nitrogens is 2. The number of benzene rings is 2. The minimum Gasteiger partial charge on any atom is -0.342 e. The Hall–Kier alpha value is -3.74.